The summed E-state index contributed by atoms with van der Waals surface area (Å²) in [5.74, 6) is 0. The number of fused-ring (bicyclic) bond motifs is 3. The van der Waals surface area contributed by atoms with E-state index < -0.39 is 0 Å². The Bertz CT molecular complexity index is 876. The van der Waals surface area contributed by atoms with Crippen molar-refractivity contribution in [2.75, 3.05) is 11.6 Å². The van der Waals surface area contributed by atoms with Gasteiger partial charge in [0.25, 0.3) is 0 Å². The van der Waals surface area contributed by atoms with Gasteiger partial charge in [-0.05, 0) is 17.6 Å². The topological polar surface area (TPSA) is 19.6 Å². The van der Waals surface area contributed by atoms with Crippen molar-refractivity contribution in [1.82, 2.24) is 4.90 Å². The molecule has 4 rings (SSSR count). The number of hydrogen-bond acceptors (Lipinski definition) is 3. The lowest BCUT2D eigenvalue weighted by Crippen LogP contribution is -2.42. The molecule has 2 heterocycles. The summed E-state index contributed by atoms with van der Waals surface area (Å²) in [4.78, 5) is 4.27. The largest absolute Gasteiger partial charge is 0.454 e. The summed E-state index contributed by atoms with van der Waals surface area (Å²) in [5.41, 5.74) is 2.53. The molecule has 0 saturated carbocycles. The fraction of sp³-hybridized carbons (Fsp3) is 0.222. The summed E-state index contributed by atoms with van der Waals surface area (Å²) in [7, 11) is 6.18. The van der Waals surface area contributed by atoms with E-state index in [-0.39, 0.29) is 5.44 Å². The molecule has 3 aromatic rings. The predicted octanol–water partition coefficient (Wildman–Crippen LogP) is 4.04. The van der Waals surface area contributed by atoms with Gasteiger partial charge in [0.2, 0.25) is 0 Å². The van der Waals surface area contributed by atoms with Crippen LogP contribution in [0.25, 0.3) is 21.9 Å². The Morgan fingerprint density at radius 2 is 1.77 bits per heavy atom. The number of nitrogens with zero attached hydrogens (tertiary/aromatic N) is 2. The van der Waals surface area contributed by atoms with Gasteiger partial charge in [0.1, 0.15) is 13.4 Å². The third-order valence-corrected chi connectivity index (χ3v) is 4.16. The molecule has 1 aliphatic rings. The van der Waals surface area contributed by atoms with E-state index in [0.29, 0.717) is 0 Å². The van der Waals surface area contributed by atoms with Crippen molar-refractivity contribution >= 4 is 35.5 Å². The lowest BCUT2D eigenvalue weighted by Gasteiger charge is -2.33. The monoisotopic (exact) mass is 288 g/mol. The smallest absolute Gasteiger partial charge is 0.159 e. The van der Waals surface area contributed by atoms with Gasteiger partial charge in [-0.15, -0.1) is 0 Å². The van der Waals surface area contributed by atoms with Crippen LogP contribution in [0.4, 0.5) is 5.69 Å². The number of hydrogen-bond donors (Lipinski definition) is 0. The lowest BCUT2D eigenvalue weighted by molar-refractivity contribution is 0.293. The van der Waals surface area contributed by atoms with Crippen LogP contribution in [0.3, 0.4) is 0 Å². The molecule has 108 valence electrons. The second-order valence-electron chi connectivity index (χ2n) is 6.28. The summed E-state index contributed by atoms with van der Waals surface area (Å²) in [6, 6.07) is 14.4. The highest BCUT2D eigenvalue weighted by molar-refractivity contribution is 6.14. The first-order valence-electron chi connectivity index (χ1n) is 7.45. The third-order valence-electron chi connectivity index (χ3n) is 4.16. The first-order valence-corrected chi connectivity index (χ1v) is 7.45. The highest BCUT2D eigenvalue weighted by Crippen LogP contribution is 2.36. The van der Waals surface area contributed by atoms with E-state index >= 15 is 0 Å². The molecule has 1 aromatic heterocycles. The van der Waals surface area contributed by atoms with Gasteiger partial charge in [0.15, 0.2) is 5.58 Å². The maximum atomic E-state index is 6.18. The van der Waals surface area contributed by atoms with Gasteiger partial charge in [-0.1, -0.05) is 44.2 Å². The molecule has 22 heavy (non-hydrogen) atoms. The summed E-state index contributed by atoms with van der Waals surface area (Å²) in [5, 5.41) is 2.30. The SMILES string of the molecule is [B]C(C)(C)N1C=CN(c2cccc3c2oc2ccccc23)C1. The maximum Gasteiger partial charge on any atom is 0.159 e. The molecule has 0 unspecified atom stereocenters. The van der Waals surface area contributed by atoms with Crippen LogP contribution in [0.15, 0.2) is 59.3 Å². The molecule has 0 atom stereocenters. The molecule has 2 aromatic carbocycles. The Hall–Kier alpha value is -2.36. The number of benzene rings is 2. The number of furan rings is 1. The summed E-state index contributed by atoms with van der Waals surface area (Å²) in [6.45, 7) is 4.73. The van der Waals surface area contributed by atoms with Crippen molar-refractivity contribution in [3.05, 3.63) is 54.9 Å². The molecule has 0 saturated heterocycles. The van der Waals surface area contributed by atoms with E-state index in [0.717, 1.165) is 34.3 Å². The van der Waals surface area contributed by atoms with Crippen molar-refractivity contribution in [2.24, 2.45) is 0 Å². The maximum absolute atomic E-state index is 6.18. The van der Waals surface area contributed by atoms with Crippen LogP contribution < -0.4 is 4.90 Å². The van der Waals surface area contributed by atoms with Gasteiger partial charge in [0.05, 0.1) is 12.4 Å². The molecule has 0 spiro atoms. The predicted molar refractivity (Wildman–Crippen MR) is 91.9 cm³/mol. The van der Waals surface area contributed by atoms with Gasteiger partial charge in [-0.3, -0.25) is 0 Å². The van der Waals surface area contributed by atoms with Gasteiger partial charge in [0, 0.05) is 23.2 Å². The molecule has 1 aliphatic heterocycles. The van der Waals surface area contributed by atoms with Crippen LogP contribution in [0.5, 0.6) is 0 Å². The van der Waals surface area contributed by atoms with Gasteiger partial charge < -0.3 is 14.2 Å². The van der Waals surface area contributed by atoms with Crippen LogP contribution in [0.1, 0.15) is 13.8 Å². The van der Waals surface area contributed by atoms with E-state index in [1.54, 1.807) is 0 Å². The zero-order chi connectivity index (χ0) is 15.3. The van der Waals surface area contributed by atoms with Crippen LogP contribution >= 0.6 is 0 Å². The van der Waals surface area contributed by atoms with Crippen molar-refractivity contribution < 1.29 is 4.42 Å². The fourth-order valence-electron chi connectivity index (χ4n) is 2.91. The zero-order valence-corrected chi connectivity index (χ0v) is 12.8. The van der Waals surface area contributed by atoms with Crippen molar-refractivity contribution in [3.63, 3.8) is 0 Å². The second kappa shape index (κ2) is 4.57. The molecule has 0 fully saturated rings. The molecule has 4 heteroatoms. The Morgan fingerprint density at radius 3 is 2.55 bits per heavy atom. The highest BCUT2D eigenvalue weighted by atomic mass is 16.3. The molecule has 0 bridgehead atoms. The molecule has 0 amide bonds. The molecule has 3 nitrogen and oxygen atoms in total. The molecule has 0 aliphatic carbocycles. The van der Waals surface area contributed by atoms with Crippen LogP contribution in [0, 0.1) is 0 Å². The van der Waals surface area contributed by atoms with Gasteiger partial charge in [-0.2, -0.15) is 0 Å². The second-order valence-corrected chi connectivity index (χ2v) is 6.28. The lowest BCUT2D eigenvalue weighted by atomic mass is 9.80. The first kappa shape index (κ1) is 13.3. The van der Waals surface area contributed by atoms with Crippen LogP contribution in [-0.2, 0) is 0 Å². The summed E-state index contributed by atoms with van der Waals surface area (Å²) in [6.07, 6.45) is 4.08. The summed E-state index contributed by atoms with van der Waals surface area (Å²) >= 11 is 0. The van der Waals surface area contributed by atoms with Crippen LogP contribution in [-0.4, -0.2) is 24.9 Å². The molecule has 2 radical (unpaired) electrons. The minimum Gasteiger partial charge on any atom is -0.454 e. The first-order chi connectivity index (χ1) is 10.5. The average Bonchev–Trinajstić information content (AvgIpc) is 3.11. The van der Waals surface area contributed by atoms with Gasteiger partial charge in [-0.25, -0.2) is 0 Å². The Labute approximate surface area is 131 Å². The van der Waals surface area contributed by atoms with Crippen molar-refractivity contribution in [2.45, 2.75) is 19.3 Å². The molecular weight excluding hydrogens is 271 g/mol. The van der Waals surface area contributed by atoms with Crippen molar-refractivity contribution in [1.29, 1.82) is 0 Å². The minimum atomic E-state index is -0.382. The Balaban J connectivity index is 1.82. The van der Waals surface area contributed by atoms with E-state index in [2.05, 4.69) is 40.3 Å². The molecular formula is C18H17BN2O. The van der Waals surface area contributed by atoms with Gasteiger partial charge >= 0.3 is 0 Å². The van der Waals surface area contributed by atoms with E-state index in [4.69, 9.17) is 12.3 Å². The average molecular weight is 288 g/mol. The zero-order valence-electron chi connectivity index (χ0n) is 12.8. The Morgan fingerprint density at radius 1 is 1.00 bits per heavy atom. The van der Waals surface area contributed by atoms with E-state index in [1.807, 2.05) is 38.2 Å². The highest BCUT2D eigenvalue weighted by Gasteiger charge is 2.25. The summed E-state index contributed by atoms with van der Waals surface area (Å²) < 4.78 is 6.09. The number of para-hydroxylation sites is 2. The fourth-order valence-corrected chi connectivity index (χ4v) is 2.91. The normalized spacial score (nSPS) is 15.4. The third kappa shape index (κ3) is 1.98. The minimum absolute atomic E-state index is 0.382. The quantitative estimate of drug-likeness (QED) is 0.663. The Kier molecular flexibility index (Phi) is 2.77. The van der Waals surface area contributed by atoms with Crippen LogP contribution in [0.2, 0.25) is 0 Å². The number of rotatable bonds is 2. The number of anilines is 1. The molecule has 0 N–H and O–H groups in total. The van der Waals surface area contributed by atoms with Crippen molar-refractivity contribution in [3.8, 4) is 0 Å². The van der Waals surface area contributed by atoms with E-state index in [9.17, 15) is 0 Å². The van der Waals surface area contributed by atoms with E-state index in [1.165, 1.54) is 0 Å². The standard InChI is InChI=1S/C18H17BN2O/c1-18(2,19)21-11-10-20(12-21)15-8-5-7-14-13-6-3-4-9-16(13)22-17(14)15/h3-11H,12H2,1-2H3.